The molecule has 0 saturated heterocycles. The third kappa shape index (κ3) is 5.55. The summed E-state index contributed by atoms with van der Waals surface area (Å²) in [5, 5.41) is 10.4. The van der Waals surface area contributed by atoms with Crippen molar-refractivity contribution in [1.29, 1.82) is 5.41 Å². The van der Waals surface area contributed by atoms with Crippen LogP contribution in [-0.4, -0.2) is 50.5 Å². The van der Waals surface area contributed by atoms with E-state index in [0.29, 0.717) is 23.2 Å². The molecule has 0 aliphatic rings. The fraction of sp³-hybridized carbons (Fsp3) is 0.240. The summed E-state index contributed by atoms with van der Waals surface area (Å²) in [4.78, 5) is 32.8. The van der Waals surface area contributed by atoms with Gasteiger partial charge >= 0.3 is 5.97 Å². The molecule has 2 heterocycles. The molecule has 2 aromatic carbocycles. The van der Waals surface area contributed by atoms with Crippen LogP contribution in [0.15, 0.2) is 61.2 Å². The minimum Gasteiger partial charge on any atom is -0.469 e. The Labute approximate surface area is 202 Å². The number of esters is 1. The summed E-state index contributed by atoms with van der Waals surface area (Å²) in [6, 6.07) is 12.8. The summed E-state index contributed by atoms with van der Waals surface area (Å²) in [6.07, 6.45) is 6.44. The van der Waals surface area contributed by atoms with Crippen molar-refractivity contribution in [2.75, 3.05) is 13.7 Å². The molecule has 10 heteroatoms. The number of hydrogen-bond acceptors (Lipinski definition) is 6. The van der Waals surface area contributed by atoms with E-state index in [-0.39, 0.29) is 30.7 Å². The van der Waals surface area contributed by atoms with Crippen LogP contribution in [-0.2, 0) is 22.6 Å². The van der Waals surface area contributed by atoms with Gasteiger partial charge in [0.15, 0.2) is 0 Å². The Balaban J connectivity index is 1.62. The average molecular weight is 474 g/mol. The van der Waals surface area contributed by atoms with Gasteiger partial charge in [0, 0.05) is 48.7 Å². The number of benzene rings is 2. The van der Waals surface area contributed by atoms with Gasteiger partial charge in [-0.1, -0.05) is 24.3 Å². The van der Waals surface area contributed by atoms with Gasteiger partial charge in [0.1, 0.15) is 11.7 Å². The molecule has 0 bridgehead atoms. The SMILES string of the molecule is COC(=O)CCNC(=O)c1ccc2c(c1)nc(-c1ccc(C(=N)N)cc1)n2CCCn1ccnc1. The second-order valence-corrected chi connectivity index (χ2v) is 8.02. The van der Waals surface area contributed by atoms with Gasteiger partial charge in [0.2, 0.25) is 0 Å². The molecule has 0 fully saturated rings. The lowest BCUT2D eigenvalue weighted by Crippen LogP contribution is -2.26. The number of nitrogen functional groups attached to an aromatic ring is 1. The number of fused-ring (bicyclic) bond motifs is 1. The van der Waals surface area contributed by atoms with Crippen LogP contribution in [0.25, 0.3) is 22.4 Å². The topological polar surface area (TPSA) is 141 Å². The van der Waals surface area contributed by atoms with Gasteiger partial charge in [-0.05, 0) is 24.6 Å². The molecule has 0 aliphatic heterocycles. The van der Waals surface area contributed by atoms with Gasteiger partial charge in [0.25, 0.3) is 5.91 Å². The summed E-state index contributed by atoms with van der Waals surface area (Å²) in [7, 11) is 1.31. The Morgan fingerprint density at radius 3 is 2.57 bits per heavy atom. The van der Waals surface area contributed by atoms with Crippen molar-refractivity contribution in [1.82, 2.24) is 24.4 Å². The lowest BCUT2D eigenvalue weighted by atomic mass is 10.1. The molecule has 0 atom stereocenters. The summed E-state index contributed by atoms with van der Waals surface area (Å²) in [5.74, 6) is 0.116. The second-order valence-electron chi connectivity index (χ2n) is 8.02. The highest BCUT2D eigenvalue weighted by Crippen LogP contribution is 2.26. The monoisotopic (exact) mass is 473 g/mol. The van der Waals surface area contributed by atoms with Crippen molar-refractivity contribution in [3.8, 4) is 11.4 Å². The van der Waals surface area contributed by atoms with E-state index in [1.54, 1.807) is 36.8 Å². The second kappa shape index (κ2) is 10.6. The van der Waals surface area contributed by atoms with Gasteiger partial charge in [-0.15, -0.1) is 0 Å². The Kier molecular flexibility index (Phi) is 7.20. The Bertz CT molecular complexity index is 1340. The lowest BCUT2D eigenvalue weighted by molar-refractivity contribution is -0.140. The maximum Gasteiger partial charge on any atom is 0.307 e. The highest BCUT2D eigenvalue weighted by molar-refractivity contribution is 5.98. The Morgan fingerprint density at radius 2 is 1.89 bits per heavy atom. The largest absolute Gasteiger partial charge is 0.469 e. The fourth-order valence-electron chi connectivity index (χ4n) is 3.83. The van der Waals surface area contributed by atoms with Crippen molar-refractivity contribution in [3.63, 3.8) is 0 Å². The fourth-order valence-corrected chi connectivity index (χ4v) is 3.83. The predicted octanol–water partition coefficient (Wildman–Crippen LogP) is 2.57. The van der Waals surface area contributed by atoms with E-state index in [1.165, 1.54) is 7.11 Å². The zero-order valence-corrected chi connectivity index (χ0v) is 19.4. The van der Waals surface area contributed by atoms with Gasteiger partial charge < -0.3 is 24.9 Å². The van der Waals surface area contributed by atoms with Crippen LogP contribution in [0.5, 0.6) is 0 Å². The molecule has 0 saturated carbocycles. The normalized spacial score (nSPS) is 10.9. The molecular formula is C25H27N7O3. The Hall–Kier alpha value is -4.47. The summed E-state index contributed by atoms with van der Waals surface area (Å²) in [5.41, 5.74) is 9.19. The van der Waals surface area contributed by atoms with E-state index in [9.17, 15) is 9.59 Å². The third-order valence-corrected chi connectivity index (χ3v) is 5.66. The van der Waals surface area contributed by atoms with E-state index in [2.05, 4.69) is 19.6 Å². The van der Waals surface area contributed by atoms with E-state index in [4.69, 9.17) is 16.1 Å². The van der Waals surface area contributed by atoms with Crippen LogP contribution >= 0.6 is 0 Å². The van der Waals surface area contributed by atoms with Crippen LogP contribution in [0.2, 0.25) is 0 Å². The molecule has 4 N–H and O–H groups in total. The average Bonchev–Trinajstić information content (AvgIpc) is 3.51. The van der Waals surface area contributed by atoms with Gasteiger partial charge in [-0.25, -0.2) is 9.97 Å². The van der Waals surface area contributed by atoms with E-state index in [0.717, 1.165) is 29.9 Å². The van der Waals surface area contributed by atoms with Crippen molar-refractivity contribution in [3.05, 3.63) is 72.3 Å². The van der Waals surface area contributed by atoms with Gasteiger partial charge in [0.05, 0.1) is 30.9 Å². The number of carbonyl (C=O) groups is 2. The van der Waals surface area contributed by atoms with Gasteiger partial charge in [-0.2, -0.15) is 0 Å². The number of nitrogens with zero attached hydrogens (tertiary/aromatic N) is 4. The quantitative estimate of drug-likeness (QED) is 0.184. The van der Waals surface area contributed by atoms with Gasteiger partial charge in [-0.3, -0.25) is 15.0 Å². The lowest BCUT2D eigenvalue weighted by Gasteiger charge is -2.11. The van der Waals surface area contributed by atoms with Crippen molar-refractivity contribution in [2.24, 2.45) is 5.73 Å². The highest BCUT2D eigenvalue weighted by Gasteiger charge is 2.15. The standard InChI is InChI=1S/C25H27N7O3/c1-35-22(33)9-10-29-25(34)19-7-8-21-20(15-19)30-24(18-5-3-17(4-6-18)23(26)27)32(21)13-2-12-31-14-11-28-16-31/h3-8,11,14-16H,2,9-10,12-13H2,1H3,(H3,26,27)(H,29,34). The van der Waals surface area contributed by atoms with Crippen LogP contribution in [0.4, 0.5) is 0 Å². The molecule has 180 valence electrons. The summed E-state index contributed by atoms with van der Waals surface area (Å²) >= 11 is 0. The number of nitrogens with two attached hydrogens (primary N) is 1. The number of imidazole rings is 2. The first-order chi connectivity index (χ1) is 17.0. The smallest absolute Gasteiger partial charge is 0.307 e. The highest BCUT2D eigenvalue weighted by atomic mass is 16.5. The number of methoxy groups -OCH3 is 1. The van der Waals surface area contributed by atoms with E-state index in [1.807, 2.05) is 29.0 Å². The number of amides is 1. The number of amidine groups is 1. The molecule has 0 aliphatic carbocycles. The van der Waals surface area contributed by atoms with Crippen LogP contribution in [0, 0.1) is 5.41 Å². The summed E-state index contributed by atoms with van der Waals surface area (Å²) in [6.45, 7) is 1.71. The minimum atomic E-state index is -0.379. The first-order valence-electron chi connectivity index (χ1n) is 11.2. The molecule has 0 unspecified atom stereocenters. The molecule has 35 heavy (non-hydrogen) atoms. The number of aromatic nitrogens is 4. The third-order valence-electron chi connectivity index (χ3n) is 5.66. The molecule has 4 aromatic rings. The van der Waals surface area contributed by atoms with E-state index >= 15 is 0 Å². The number of rotatable bonds is 10. The van der Waals surface area contributed by atoms with Crippen LogP contribution in [0.3, 0.4) is 0 Å². The molecule has 10 nitrogen and oxygen atoms in total. The number of aryl methyl sites for hydroxylation is 2. The van der Waals surface area contributed by atoms with Crippen molar-refractivity contribution in [2.45, 2.75) is 25.9 Å². The summed E-state index contributed by atoms with van der Waals surface area (Å²) < 4.78 is 8.76. The molecule has 2 aromatic heterocycles. The maximum atomic E-state index is 12.6. The number of carbonyl (C=O) groups excluding carboxylic acids is 2. The molecule has 1 amide bonds. The predicted molar refractivity (Wildman–Crippen MR) is 132 cm³/mol. The zero-order valence-electron chi connectivity index (χ0n) is 19.4. The number of nitrogens with one attached hydrogen (secondary N) is 2. The van der Waals surface area contributed by atoms with E-state index < -0.39 is 0 Å². The first-order valence-corrected chi connectivity index (χ1v) is 11.2. The first kappa shape index (κ1) is 23.7. The Morgan fingerprint density at radius 1 is 1.11 bits per heavy atom. The molecule has 0 radical (unpaired) electrons. The van der Waals surface area contributed by atoms with Crippen molar-refractivity contribution < 1.29 is 14.3 Å². The minimum absolute atomic E-state index is 0.00763. The number of ether oxygens (including phenoxy) is 1. The van der Waals surface area contributed by atoms with Crippen molar-refractivity contribution >= 4 is 28.7 Å². The molecule has 0 spiro atoms. The zero-order chi connectivity index (χ0) is 24.8. The van der Waals surface area contributed by atoms with Crippen LogP contribution < -0.4 is 11.1 Å². The molecular weight excluding hydrogens is 446 g/mol. The number of hydrogen-bond donors (Lipinski definition) is 3. The van der Waals surface area contributed by atoms with Crippen LogP contribution in [0.1, 0.15) is 28.8 Å². The molecule has 4 rings (SSSR count). The maximum absolute atomic E-state index is 12.6.